The Labute approximate surface area is 70.8 Å². The van der Waals surface area contributed by atoms with Gasteiger partial charge in [0.1, 0.15) is 0 Å². The summed E-state index contributed by atoms with van der Waals surface area (Å²) in [7, 11) is 0. The number of nitrogens with zero attached hydrogens (tertiary/aromatic N) is 1. The molecule has 1 aliphatic rings. The quantitative estimate of drug-likeness (QED) is 0.560. The van der Waals surface area contributed by atoms with Crippen LogP contribution in [0.1, 0.15) is 33.6 Å². The maximum atomic E-state index is 2.55. The molecule has 0 bridgehead atoms. The van der Waals surface area contributed by atoms with Crippen molar-refractivity contribution < 1.29 is 0 Å². The summed E-state index contributed by atoms with van der Waals surface area (Å²) in [5.74, 6) is 0. The van der Waals surface area contributed by atoms with Gasteiger partial charge >= 0.3 is 0 Å². The zero-order chi connectivity index (χ0) is 8.32. The summed E-state index contributed by atoms with van der Waals surface area (Å²) < 4.78 is 0. The highest BCUT2D eigenvalue weighted by atomic mass is 15.1. The molecule has 0 aromatic carbocycles. The molecule has 1 heterocycles. The Morgan fingerprint density at radius 2 is 2.09 bits per heavy atom. The number of rotatable bonds is 1. The lowest BCUT2D eigenvalue weighted by Gasteiger charge is -2.32. The smallest absolute Gasteiger partial charge is 0.00302 e. The van der Waals surface area contributed by atoms with E-state index in [1.807, 2.05) is 0 Å². The first-order chi connectivity index (χ1) is 5.08. The third-order valence-corrected chi connectivity index (χ3v) is 1.97. The van der Waals surface area contributed by atoms with E-state index in [0.717, 1.165) is 0 Å². The molecule has 0 aliphatic carbocycles. The van der Waals surface area contributed by atoms with E-state index in [-0.39, 0.29) is 0 Å². The van der Waals surface area contributed by atoms with E-state index in [0.29, 0.717) is 5.41 Å². The van der Waals surface area contributed by atoms with Crippen LogP contribution in [0.25, 0.3) is 0 Å². The minimum atomic E-state index is 0.463. The summed E-state index contributed by atoms with van der Waals surface area (Å²) in [5, 5.41) is 0. The highest BCUT2D eigenvalue weighted by Gasteiger charge is 2.17. The molecule has 0 aromatic heterocycles. The van der Waals surface area contributed by atoms with Crippen molar-refractivity contribution >= 4 is 0 Å². The molecule has 1 aliphatic heterocycles. The normalized spacial score (nSPS) is 22.1. The highest BCUT2D eigenvalue weighted by molar-refractivity contribution is 4.80. The van der Waals surface area contributed by atoms with Gasteiger partial charge in [-0.2, -0.15) is 0 Å². The molecule has 0 amide bonds. The van der Waals surface area contributed by atoms with Crippen molar-refractivity contribution in [2.45, 2.75) is 33.6 Å². The molecule has 0 aromatic rings. The Morgan fingerprint density at radius 1 is 1.36 bits per heavy atom. The fraction of sp³-hybridized carbons (Fsp3) is 0.900. The van der Waals surface area contributed by atoms with E-state index in [1.54, 1.807) is 0 Å². The fourth-order valence-electron chi connectivity index (χ4n) is 1.64. The Bertz CT molecular complexity index is 107. The molecule has 0 saturated carbocycles. The van der Waals surface area contributed by atoms with Crippen LogP contribution in [0.2, 0.25) is 0 Å². The molecule has 0 spiro atoms. The molecule has 0 atom stereocenters. The van der Waals surface area contributed by atoms with Gasteiger partial charge in [-0.15, -0.1) is 0 Å². The monoisotopic (exact) mass is 154 g/mol. The molecule has 1 fully saturated rings. The second kappa shape index (κ2) is 3.57. The average Bonchev–Trinajstić information content (AvgIpc) is 1.85. The molecule has 1 radical (unpaired) electrons. The second-order valence-corrected chi connectivity index (χ2v) is 4.73. The Kier molecular flexibility index (Phi) is 2.94. The van der Waals surface area contributed by atoms with Crippen molar-refractivity contribution in [3.8, 4) is 0 Å². The van der Waals surface area contributed by atoms with Crippen molar-refractivity contribution in [1.29, 1.82) is 0 Å². The van der Waals surface area contributed by atoms with Crippen LogP contribution >= 0.6 is 0 Å². The van der Waals surface area contributed by atoms with E-state index in [4.69, 9.17) is 0 Å². The van der Waals surface area contributed by atoms with Crippen LogP contribution < -0.4 is 0 Å². The summed E-state index contributed by atoms with van der Waals surface area (Å²) in [6.07, 6.45) is 5.08. The Hall–Kier alpha value is -0.0400. The van der Waals surface area contributed by atoms with E-state index in [9.17, 15) is 0 Å². The first kappa shape index (κ1) is 9.05. The zero-order valence-electron chi connectivity index (χ0n) is 8.06. The second-order valence-electron chi connectivity index (χ2n) is 4.73. The zero-order valence-corrected chi connectivity index (χ0v) is 8.06. The van der Waals surface area contributed by atoms with E-state index in [2.05, 4.69) is 32.1 Å². The minimum absolute atomic E-state index is 0.463. The van der Waals surface area contributed by atoms with Gasteiger partial charge in [-0.3, -0.25) is 0 Å². The van der Waals surface area contributed by atoms with Crippen molar-refractivity contribution in [3.05, 3.63) is 6.42 Å². The summed E-state index contributed by atoms with van der Waals surface area (Å²) in [6, 6.07) is 0. The summed E-state index contributed by atoms with van der Waals surface area (Å²) in [6.45, 7) is 10.7. The third kappa shape index (κ3) is 3.76. The third-order valence-electron chi connectivity index (χ3n) is 1.97. The fourth-order valence-corrected chi connectivity index (χ4v) is 1.64. The van der Waals surface area contributed by atoms with Crippen molar-refractivity contribution in [2.75, 3.05) is 19.6 Å². The van der Waals surface area contributed by atoms with E-state index >= 15 is 0 Å². The Morgan fingerprint density at radius 3 is 2.55 bits per heavy atom. The van der Waals surface area contributed by atoms with Gasteiger partial charge in [-0.25, -0.2) is 0 Å². The van der Waals surface area contributed by atoms with Crippen LogP contribution in [0, 0.1) is 11.8 Å². The number of hydrogen-bond donors (Lipinski definition) is 0. The molecular weight excluding hydrogens is 134 g/mol. The maximum Gasteiger partial charge on any atom is 0.00302 e. The highest BCUT2D eigenvalue weighted by Crippen LogP contribution is 2.18. The molecule has 1 rings (SSSR count). The van der Waals surface area contributed by atoms with Crippen LogP contribution in [-0.2, 0) is 0 Å². The van der Waals surface area contributed by atoms with E-state index in [1.165, 1.54) is 32.5 Å². The first-order valence-electron chi connectivity index (χ1n) is 4.62. The van der Waals surface area contributed by atoms with Crippen LogP contribution in [-0.4, -0.2) is 24.5 Å². The van der Waals surface area contributed by atoms with Gasteiger partial charge < -0.3 is 4.90 Å². The predicted octanol–water partition coefficient (Wildman–Crippen LogP) is 2.33. The molecular formula is C10H20N. The largest absolute Gasteiger partial charge is 0.303 e. The topological polar surface area (TPSA) is 3.24 Å². The van der Waals surface area contributed by atoms with Crippen molar-refractivity contribution in [2.24, 2.45) is 5.41 Å². The number of piperidine rings is 1. The van der Waals surface area contributed by atoms with Gasteiger partial charge in [-0.1, -0.05) is 20.8 Å². The van der Waals surface area contributed by atoms with Crippen LogP contribution in [0.3, 0.4) is 0 Å². The van der Waals surface area contributed by atoms with Crippen LogP contribution in [0.4, 0.5) is 0 Å². The standard InChI is InChI=1S/C10H20N/c1-10(2,3)9-11-7-5-4-6-8-11/h5H,4,6-9H2,1-3H3. The van der Waals surface area contributed by atoms with E-state index < -0.39 is 0 Å². The molecule has 1 heteroatoms. The van der Waals surface area contributed by atoms with Gasteiger partial charge in [0.15, 0.2) is 0 Å². The van der Waals surface area contributed by atoms with Gasteiger partial charge in [0.2, 0.25) is 0 Å². The Balaban J connectivity index is 2.24. The lowest BCUT2D eigenvalue weighted by Crippen LogP contribution is -2.36. The van der Waals surface area contributed by atoms with Crippen LogP contribution in [0.15, 0.2) is 0 Å². The molecule has 1 saturated heterocycles. The van der Waals surface area contributed by atoms with Gasteiger partial charge in [0, 0.05) is 13.1 Å². The first-order valence-corrected chi connectivity index (χ1v) is 4.62. The maximum absolute atomic E-state index is 2.55. The minimum Gasteiger partial charge on any atom is -0.303 e. The lowest BCUT2D eigenvalue weighted by atomic mass is 9.95. The van der Waals surface area contributed by atoms with Crippen molar-refractivity contribution in [3.63, 3.8) is 0 Å². The summed E-state index contributed by atoms with van der Waals surface area (Å²) in [5.41, 5.74) is 0.463. The molecule has 0 N–H and O–H groups in total. The molecule has 65 valence electrons. The molecule has 0 unspecified atom stereocenters. The SMILES string of the molecule is CC(C)(C)CN1C[CH]CCC1. The number of likely N-dealkylation sites (tertiary alicyclic amines) is 1. The van der Waals surface area contributed by atoms with Gasteiger partial charge in [0.05, 0.1) is 0 Å². The molecule has 11 heavy (non-hydrogen) atoms. The van der Waals surface area contributed by atoms with Gasteiger partial charge in [0.25, 0.3) is 0 Å². The van der Waals surface area contributed by atoms with Crippen LogP contribution in [0.5, 0.6) is 0 Å². The summed E-state index contributed by atoms with van der Waals surface area (Å²) in [4.78, 5) is 2.55. The van der Waals surface area contributed by atoms with Crippen molar-refractivity contribution in [1.82, 2.24) is 4.90 Å². The average molecular weight is 154 g/mol. The molecule has 1 nitrogen and oxygen atoms in total. The summed E-state index contributed by atoms with van der Waals surface area (Å²) >= 11 is 0. The predicted molar refractivity (Wildman–Crippen MR) is 49.4 cm³/mol. The number of hydrogen-bond acceptors (Lipinski definition) is 1. The van der Waals surface area contributed by atoms with Gasteiger partial charge in [-0.05, 0) is 31.2 Å². The lowest BCUT2D eigenvalue weighted by molar-refractivity contribution is 0.185.